The molecule has 0 amide bonds. The van der Waals surface area contributed by atoms with E-state index in [1.165, 1.54) is 25.5 Å². The Hall–Kier alpha value is -1.13. The Labute approximate surface area is 115 Å². The number of benzene rings is 1. The predicted octanol–water partition coefficient (Wildman–Crippen LogP) is 2.38. The molecule has 0 aliphatic carbocycles. The van der Waals surface area contributed by atoms with Gasteiger partial charge in [0.1, 0.15) is 5.82 Å². The molecule has 1 heterocycles. The number of anilines is 1. The highest BCUT2D eigenvalue weighted by molar-refractivity contribution is 5.54. The van der Waals surface area contributed by atoms with Crippen LogP contribution in [0.1, 0.15) is 31.4 Å². The van der Waals surface area contributed by atoms with E-state index in [-0.39, 0.29) is 11.9 Å². The Morgan fingerprint density at radius 3 is 2.84 bits per heavy atom. The van der Waals surface area contributed by atoms with Crippen molar-refractivity contribution in [1.82, 2.24) is 4.90 Å². The summed E-state index contributed by atoms with van der Waals surface area (Å²) in [7, 11) is 4.23. The van der Waals surface area contributed by atoms with Crippen molar-refractivity contribution in [3.8, 4) is 0 Å². The molecule has 0 spiro atoms. The molecule has 1 aromatic rings. The predicted molar refractivity (Wildman–Crippen MR) is 77.9 cm³/mol. The molecular weight excluding hydrogens is 241 g/mol. The zero-order valence-corrected chi connectivity index (χ0v) is 12.1. The van der Waals surface area contributed by atoms with Crippen molar-refractivity contribution < 1.29 is 4.39 Å². The van der Waals surface area contributed by atoms with Gasteiger partial charge in [0.2, 0.25) is 0 Å². The fourth-order valence-electron chi connectivity index (χ4n) is 2.86. The quantitative estimate of drug-likeness (QED) is 0.907. The molecule has 1 saturated heterocycles. The van der Waals surface area contributed by atoms with Crippen LogP contribution in [0.5, 0.6) is 0 Å². The molecule has 2 N–H and O–H groups in total. The fourth-order valence-corrected chi connectivity index (χ4v) is 2.86. The maximum absolute atomic E-state index is 13.4. The third-order valence-electron chi connectivity index (χ3n) is 4.05. The third kappa shape index (κ3) is 3.25. The van der Waals surface area contributed by atoms with Crippen molar-refractivity contribution in [2.75, 3.05) is 32.1 Å². The first-order valence-electron chi connectivity index (χ1n) is 6.95. The topological polar surface area (TPSA) is 32.5 Å². The molecule has 0 saturated carbocycles. The standard InChI is InChI=1S/C15H24FN3/c1-11(17)14-9-12(16)6-7-15(14)19(3)10-13-5-4-8-18(13)2/h6-7,9,11,13H,4-5,8,10,17H2,1-3H3/t11-,13?/m0/s1. The molecule has 4 heteroatoms. The highest BCUT2D eigenvalue weighted by Crippen LogP contribution is 2.27. The van der Waals surface area contributed by atoms with Gasteiger partial charge in [-0.25, -0.2) is 4.39 Å². The van der Waals surface area contributed by atoms with Crippen LogP contribution < -0.4 is 10.6 Å². The van der Waals surface area contributed by atoms with Gasteiger partial charge in [-0.1, -0.05) is 0 Å². The third-order valence-corrected chi connectivity index (χ3v) is 4.05. The summed E-state index contributed by atoms with van der Waals surface area (Å²) < 4.78 is 13.4. The van der Waals surface area contributed by atoms with Crippen molar-refractivity contribution in [3.63, 3.8) is 0 Å². The van der Waals surface area contributed by atoms with Crippen molar-refractivity contribution >= 4 is 5.69 Å². The van der Waals surface area contributed by atoms with Crippen molar-refractivity contribution in [1.29, 1.82) is 0 Å². The zero-order chi connectivity index (χ0) is 14.0. The molecule has 106 valence electrons. The zero-order valence-electron chi connectivity index (χ0n) is 12.1. The van der Waals surface area contributed by atoms with Gasteiger partial charge in [0.05, 0.1) is 0 Å². The Bertz CT molecular complexity index is 433. The monoisotopic (exact) mass is 265 g/mol. The summed E-state index contributed by atoms with van der Waals surface area (Å²) in [4.78, 5) is 4.59. The number of likely N-dealkylation sites (tertiary alicyclic amines) is 1. The minimum atomic E-state index is -0.220. The van der Waals surface area contributed by atoms with Gasteiger partial charge in [-0.15, -0.1) is 0 Å². The normalized spacial score (nSPS) is 21.6. The van der Waals surface area contributed by atoms with Gasteiger partial charge >= 0.3 is 0 Å². The lowest BCUT2D eigenvalue weighted by molar-refractivity contribution is 0.314. The molecule has 1 unspecified atom stereocenters. The molecular formula is C15H24FN3. The highest BCUT2D eigenvalue weighted by atomic mass is 19.1. The van der Waals surface area contributed by atoms with Crippen LogP contribution >= 0.6 is 0 Å². The van der Waals surface area contributed by atoms with Crippen LogP contribution in [0.15, 0.2) is 18.2 Å². The fraction of sp³-hybridized carbons (Fsp3) is 0.600. The van der Waals surface area contributed by atoms with Crippen LogP contribution in [-0.2, 0) is 0 Å². The van der Waals surface area contributed by atoms with Gasteiger partial charge in [0, 0.05) is 31.4 Å². The van der Waals surface area contributed by atoms with Crippen LogP contribution in [0, 0.1) is 5.82 Å². The molecule has 1 aromatic carbocycles. The molecule has 3 nitrogen and oxygen atoms in total. The van der Waals surface area contributed by atoms with Gasteiger partial charge in [-0.3, -0.25) is 0 Å². The second kappa shape index (κ2) is 5.88. The second-order valence-corrected chi connectivity index (χ2v) is 5.65. The smallest absolute Gasteiger partial charge is 0.123 e. The van der Waals surface area contributed by atoms with Gasteiger partial charge in [-0.2, -0.15) is 0 Å². The number of nitrogens with two attached hydrogens (primary N) is 1. The van der Waals surface area contributed by atoms with E-state index in [2.05, 4.69) is 23.9 Å². The summed E-state index contributed by atoms with van der Waals surface area (Å²) in [6.07, 6.45) is 2.49. The molecule has 19 heavy (non-hydrogen) atoms. The van der Waals surface area contributed by atoms with E-state index < -0.39 is 0 Å². The lowest BCUT2D eigenvalue weighted by Crippen LogP contribution is -2.37. The van der Waals surface area contributed by atoms with Gasteiger partial charge in [0.25, 0.3) is 0 Å². The minimum Gasteiger partial charge on any atom is -0.373 e. The van der Waals surface area contributed by atoms with Crippen LogP contribution in [-0.4, -0.2) is 38.1 Å². The Balaban J connectivity index is 2.16. The average molecular weight is 265 g/mol. The Kier molecular flexibility index (Phi) is 4.42. The SMILES string of the molecule is C[C@H](N)c1cc(F)ccc1N(C)CC1CCCN1C. The average Bonchev–Trinajstić information content (AvgIpc) is 2.74. The number of halogens is 1. The molecule has 1 aliphatic rings. The number of rotatable bonds is 4. The van der Waals surface area contributed by atoms with E-state index in [1.807, 2.05) is 13.0 Å². The van der Waals surface area contributed by atoms with Crippen LogP contribution in [0.25, 0.3) is 0 Å². The summed E-state index contributed by atoms with van der Waals surface area (Å²) >= 11 is 0. The summed E-state index contributed by atoms with van der Waals surface area (Å²) in [5.41, 5.74) is 7.87. The highest BCUT2D eigenvalue weighted by Gasteiger charge is 2.23. The van der Waals surface area contributed by atoms with Gasteiger partial charge in [0.15, 0.2) is 0 Å². The molecule has 2 rings (SSSR count). The summed E-state index contributed by atoms with van der Waals surface area (Å²) in [6.45, 7) is 4.03. The van der Waals surface area contributed by atoms with Gasteiger partial charge < -0.3 is 15.5 Å². The molecule has 0 aromatic heterocycles. The Morgan fingerprint density at radius 2 is 2.26 bits per heavy atom. The lowest BCUT2D eigenvalue weighted by Gasteiger charge is -2.29. The minimum absolute atomic E-state index is 0.158. The van der Waals surface area contributed by atoms with Crippen molar-refractivity contribution in [2.24, 2.45) is 5.73 Å². The number of hydrogen-bond donors (Lipinski definition) is 1. The number of likely N-dealkylation sites (N-methyl/N-ethyl adjacent to an activating group) is 2. The first kappa shape index (κ1) is 14.3. The van der Waals surface area contributed by atoms with E-state index in [4.69, 9.17) is 5.73 Å². The molecule has 2 atom stereocenters. The second-order valence-electron chi connectivity index (χ2n) is 5.65. The number of nitrogens with zero attached hydrogens (tertiary/aromatic N) is 2. The summed E-state index contributed by atoms with van der Waals surface area (Å²) in [5.74, 6) is -0.220. The largest absolute Gasteiger partial charge is 0.373 e. The Morgan fingerprint density at radius 1 is 1.53 bits per heavy atom. The van der Waals surface area contributed by atoms with E-state index in [0.29, 0.717) is 6.04 Å². The maximum atomic E-state index is 13.4. The van der Waals surface area contributed by atoms with Crippen molar-refractivity contribution in [2.45, 2.75) is 31.8 Å². The van der Waals surface area contributed by atoms with E-state index in [9.17, 15) is 4.39 Å². The molecule has 0 radical (unpaired) electrons. The van der Waals surface area contributed by atoms with Gasteiger partial charge in [-0.05, 0) is 57.1 Å². The maximum Gasteiger partial charge on any atom is 0.123 e. The molecule has 1 fully saturated rings. The van der Waals surface area contributed by atoms with Crippen LogP contribution in [0.2, 0.25) is 0 Å². The first-order chi connectivity index (χ1) is 8.99. The van der Waals surface area contributed by atoms with Crippen LogP contribution in [0.4, 0.5) is 10.1 Å². The summed E-state index contributed by atoms with van der Waals surface area (Å²) in [6, 6.07) is 5.32. The lowest BCUT2D eigenvalue weighted by atomic mass is 10.1. The van der Waals surface area contributed by atoms with Crippen LogP contribution in [0.3, 0.4) is 0 Å². The van der Waals surface area contributed by atoms with Crippen molar-refractivity contribution in [3.05, 3.63) is 29.6 Å². The number of hydrogen-bond acceptors (Lipinski definition) is 3. The molecule has 0 bridgehead atoms. The first-order valence-corrected chi connectivity index (χ1v) is 6.95. The van der Waals surface area contributed by atoms with E-state index >= 15 is 0 Å². The van der Waals surface area contributed by atoms with E-state index in [0.717, 1.165) is 17.8 Å². The molecule has 1 aliphatic heterocycles. The summed E-state index contributed by atoms with van der Waals surface area (Å²) in [5, 5.41) is 0. The van der Waals surface area contributed by atoms with E-state index in [1.54, 1.807) is 6.07 Å².